The predicted octanol–water partition coefficient (Wildman–Crippen LogP) is 0.255. The van der Waals surface area contributed by atoms with Gasteiger partial charge in [0.1, 0.15) is 5.82 Å². The first-order valence-corrected chi connectivity index (χ1v) is 4.61. The fraction of sp³-hybridized carbons (Fsp3) is 0.667. The van der Waals surface area contributed by atoms with Crippen LogP contribution in [0.2, 0.25) is 0 Å². The first-order valence-electron chi connectivity index (χ1n) is 4.61. The van der Waals surface area contributed by atoms with Gasteiger partial charge in [0.2, 0.25) is 0 Å². The number of nitrogens with zero attached hydrogens (tertiary/aromatic N) is 2. The summed E-state index contributed by atoms with van der Waals surface area (Å²) in [5.74, 6) is 1.02. The van der Waals surface area contributed by atoms with Crippen molar-refractivity contribution in [1.82, 2.24) is 14.9 Å². The molecule has 72 valence electrons. The Labute approximate surface area is 77.9 Å². The van der Waals surface area contributed by atoms with Crippen LogP contribution in [-0.2, 0) is 17.4 Å². The third kappa shape index (κ3) is 1.26. The number of aryl methyl sites for hydroxylation is 1. The molecule has 2 heterocycles. The largest absolute Gasteiger partial charge is 0.365 e. The van der Waals surface area contributed by atoms with E-state index >= 15 is 0 Å². The Morgan fingerprint density at radius 1 is 1.69 bits per heavy atom. The number of imidazole rings is 1. The summed E-state index contributed by atoms with van der Waals surface area (Å²) < 4.78 is 7.77. The van der Waals surface area contributed by atoms with Gasteiger partial charge in [-0.05, 0) is 6.92 Å². The molecular weight excluding hydrogens is 166 g/mol. The van der Waals surface area contributed by atoms with Crippen LogP contribution in [0.4, 0.5) is 0 Å². The van der Waals surface area contributed by atoms with Gasteiger partial charge in [0.05, 0.1) is 0 Å². The Morgan fingerprint density at radius 2 is 2.46 bits per heavy atom. The second kappa shape index (κ2) is 3.12. The van der Waals surface area contributed by atoms with Crippen LogP contribution in [0.3, 0.4) is 0 Å². The van der Waals surface area contributed by atoms with Crippen molar-refractivity contribution < 1.29 is 4.74 Å². The Kier molecular flexibility index (Phi) is 2.09. The lowest BCUT2D eigenvalue weighted by Gasteiger charge is -2.41. The van der Waals surface area contributed by atoms with E-state index in [4.69, 9.17) is 4.74 Å². The third-order valence-corrected chi connectivity index (χ3v) is 2.47. The number of ether oxygens (including phenoxy) is 1. The van der Waals surface area contributed by atoms with Gasteiger partial charge in [-0.1, -0.05) is 0 Å². The first-order chi connectivity index (χ1) is 6.28. The van der Waals surface area contributed by atoms with E-state index in [1.807, 2.05) is 30.9 Å². The lowest BCUT2D eigenvalue weighted by Crippen LogP contribution is -2.59. The zero-order valence-electron chi connectivity index (χ0n) is 8.08. The average molecular weight is 181 g/mol. The zero-order chi connectivity index (χ0) is 9.31. The van der Waals surface area contributed by atoms with Crippen molar-refractivity contribution in [2.45, 2.75) is 12.5 Å². The summed E-state index contributed by atoms with van der Waals surface area (Å²) in [4.78, 5) is 4.33. The van der Waals surface area contributed by atoms with Crippen molar-refractivity contribution >= 4 is 0 Å². The van der Waals surface area contributed by atoms with Crippen LogP contribution in [0.25, 0.3) is 0 Å². The molecule has 0 amide bonds. The summed E-state index contributed by atoms with van der Waals surface area (Å²) in [5, 5.41) is 3.22. The van der Waals surface area contributed by atoms with E-state index in [-0.39, 0.29) is 5.60 Å². The Bertz CT molecular complexity index is 291. The molecule has 0 unspecified atom stereocenters. The Morgan fingerprint density at radius 3 is 2.85 bits per heavy atom. The van der Waals surface area contributed by atoms with Crippen LogP contribution in [0, 0.1) is 0 Å². The van der Waals surface area contributed by atoms with E-state index in [1.54, 1.807) is 0 Å². The minimum Gasteiger partial charge on any atom is -0.365 e. The van der Waals surface area contributed by atoms with Gasteiger partial charge >= 0.3 is 0 Å². The number of aromatic nitrogens is 2. The fourth-order valence-corrected chi connectivity index (χ4v) is 1.76. The van der Waals surface area contributed by atoms with Crippen molar-refractivity contribution in [3.05, 3.63) is 18.2 Å². The summed E-state index contributed by atoms with van der Waals surface area (Å²) in [6, 6.07) is 0. The van der Waals surface area contributed by atoms with Gasteiger partial charge in [0.15, 0.2) is 5.60 Å². The SMILES string of the molecule is CCOC1(c2nccn2C)CNC1. The molecule has 0 saturated carbocycles. The van der Waals surface area contributed by atoms with Gasteiger partial charge in [0.25, 0.3) is 0 Å². The quantitative estimate of drug-likeness (QED) is 0.726. The average Bonchev–Trinajstić information content (AvgIpc) is 2.44. The van der Waals surface area contributed by atoms with Crippen molar-refractivity contribution in [2.75, 3.05) is 19.7 Å². The molecule has 13 heavy (non-hydrogen) atoms. The van der Waals surface area contributed by atoms with Crippen LogP contribution in [0.5, 0.6) is 0 Å². The Hall–Kier alpha value is -0.870. The summed E-state index contributed by atoms with van der Waals surface area (Å²) in [7, 11) is 2.00. The molecular formula is C9H15N3O. The van der Waals surface area contributed by atoms with Crippen LogP contribution < -0.4 is 5.32 Å². The normalized spacial score (nSPS) is 19.8. The number of nitrogens with one attached hydrogen (secondary N) is 1. The van der Waals surface area contributed by atoms with E-state index in [9.17, 15) is 0 Å². The molecule has 0 spiro atoms. The number of hydrogen-bond donors (Lipinski definition) is 1. The molecule has 2 rings (SSSR count). The topological polar surface area (TPSA) is 39.1 Å². The third-order valence-electron chi connectivity index (χ3n) is 2.47. The van der Waals surface area contributed by atoms with E-state index in [0.717, 1.165) is 25.5 Å². The monoisotopic (exact) mass is 181 g/mol. The summed E-state index contributed by atoms with van der Waals surface area (Å²) in [6.45, 7) is 4.48. The summed E-state index contributed by atoms with van der Waals surface area (Å²) in [6.07, 6.45) is 3.77. The molecule has 1 fully saturated rings. The van der Waals surface area contributed by atoms with Gasteiger partial charge in [-0.15, -0.1) is 0 Å². The lowest BCUT2D eigenvalue weighted by atomic mass is 9.95. The molecule has 1 aromatic rings. The van der Waals surface area contributed by atoms with Crippen LogP contribution in [0.1, 0.15) is 12.7 Å². The van der Waals surface area contributed by atoms with Crippen LogP contribution in [-0.4, -0.2) is 29.2 Å². The predicted molar refractivity (Wildman–Crippen MR) is 49.4 cm³/mol. The maximum atomic E-state index is 5.74. The molecule has 0 aliphatic carbocycles. The molecule has 4 heteroatoms. The highest BCUT2D eigenvalue weighted by molar-refractivity contribution is 5.12. The van der Waals surface area contributed by atoms with E-state index in [0.29, 0.717) is 0 Å². The molecule has 1 N–H and O–H groups in total. The molecule has 4 nitrogen and oxygen atoms in total. The molecule has 1 aliphatic rings. The fourth-order valence-electron chi connectivity index (χ4n) is 1.76. The van der Waals surface area contributed by atoms with Gasteiger partial charge in [-0.25, -0.2) is 4.98 Å². The maximum Gasteiger partial charge on any atom is 0.150 e. The van der Waals surface area contributed by atoms with Gasteiger partial charge < -0.3 is 14.6 Å². The van der Waals surface area contributed by atoms with Crippen molar-refractivity contribution in [2.24, 2.45) is 7.05 Å². The van der Waals surface area contributed by atoms with E-state index in [2.05, 4.69) is 10.3 Å². The lowest BCUT2D eigenvalue weighted by molar-refractivity contribution is -0.0891. The minimum atomic E-state index is -0.174. The maximum absolute atomic E-state index is 5.74. The summed E-state index contributed by atoms with van der Waals surface area (Å²) >= 11 is 0. The highest BCUT2D eigenvalue weighted by atomic mass is 16.5. The highest BCUT2D eigenvalue weighted by Crippen LogP contribution is 2.27. The summed E-state index contributed by atoms with van der Waals surface area (Å²) in [5.41, 5.74) is -0.174. The van der Waals surface area contributed by atoms with Gasteiger partial charge in [0, 0.05) is 39.1 Å². The molecule has 0 radical (unpaired) electrons. The second-order valence-electron chi connectivity index (χ2n) is 3.39. The minimum absolute atomic E-state index is 0.174. The smallest absolute Gasteiger partial charge is 0.150 e. The number of hydrogen-bond acceptors (Lipinski definition) is 3. The van der Waals surface area contributed by atoms with Crippen molar-refractivity contribution in [3.63, 3.8) is 0 Å². The molecule has 0 atom stereocenters. The van der Waals surface area contributed by atoms with Gasteiger partial charge in [-0.2, -0.15) is 0 Å². The van der Waals surface area contributed by atoms with E-state index in [1.165, 1.54) is 0 Å². The highest BCUT2D eigenvalue weighted by Gasteiger charge is 2.42. The molecule has 0 bridgehead atoms. The first kappa shape index (κ1) is 8.72. The zero-order valence-corrected chi connectivity index (χ0v) is 8.08. The van der Waals surface area contributed by atoms with Crippen molar-refractivity contribution in [1.29, 1.82) is 0 Å². The standard InChI is InChI=1S/C9H15N3O/c1-3-13-9(6-10-7-9)8-11-4-5-12(8)2/h4-5,10H,3,6-7H2,1-2H3. The molecule has 1 saturated heterocycles. The van der Waals surface area contributed by atoms with E-state index < -0.39 is 0 Å². The molecule has 0 aromatic carbocycles. The molecule has 1 aromatic heterocycles. The van der Waals surface area contributed by atoms with Crippen LogP contribution >= 0.6 is 0 Å². The van der Waals surface area contributed by atoms with Gasteiger partial charge in [-0.3, -0.25) is 0 Å². The van der Waals surface area contributed by atoms with Crippen molar-refractivity contribution in [3.8, 4) is 0 Å². The number of rotatable bonds is 3. The van der Waals surface area contributed by atoms with Crippen LogP contribution in [0.15, 0.2) is 12.4 Å². The Balaban J connectivity index is 2.26. The molecule has 1 aliphatic heterocycles. The second-order valence-corrected chi connectivity index (χ2v) is 3.39.